The number of amides is 1. The Labute approximate surface area is 151 Å². The Morgan fingerprint density at radius 2 is 2.00 bits per heavy atom. The second-order valence-corrected chi connectivity index (χ2v) is 6.35. The third-order valence-corrected chi connectivity index (χ3v) is 4.53. The fraction of sp³-hybridized carbons (Fsp3) is 0.500. The van der Waals surface area contributed by atoms with Crippen molar-refractivity contribution in [2.45, 2.75) is 19.4 Å². The van der Waals surface area contributed by atoms with Gasteiger partial charge in [-0.15, -0.1) is 12.4 Å². The van der Waals surface area contributed by atoms with Crippen LogP contribution in [0.2, 0.25) is 15.1 Å². The van der Waals surface area contributed by atoms with Gasteiger partial charge < -0.3 is 15.4 Å². The van der Waals surface area contributed by atoms with Crippen LogP contribution in [0.25, 0.3) is 0 Å². The lowest BCUT2D eigenvalue weighted by atomic mass is 9.95. The van der Waals surface area contributed by atoms with E-state index in [0.29, 0.717) is 26.7 Å². The maximum Gasteiger partial charge on any atom is 0.258 e. The van der Waals surface area contributed by atoms with Crippen molar-refractivity contribution in [2.24, 2.45) is 5.92 Å². The lowest BCUT2D eigenvalue weighted by Gasteiger charge is -2.30. The number of nitrogens with one attached hydrogen (secondary N) is 2. The van der Waals surface area contributed by atoms with Crippen molar-refractivity contribution in [3.8, 4) is 5.75 Å². The molecule has 0 aromatic heterocycles. The molecule has 1 amide bonds. The van der Waals surface area contributed by atoms with E-state index >= 15 is 0 Å². The van der Waals surface area contributed by atoms with Crippen LogP contribution in [0.3, 0.4) is 0 Å². The largest absolute Gasteiger partial charge is 0.482 e. The van der Waals surface area contributed by atoms with Gasteiger partial charge in [0.25, 0.3) is 5.91 Å². The van der Waals surface area contributed by atoms with Gasteiger partial charge >= 0.3 is 0 Å². The predicted molar refractivity (Wildman–Crippen MR) is 92.8 cm³/mol. The first-order valence-corrected chi connectivity index (χ1v) is 7.88. The third-order valence-electron chi connectivity index (χ3n) is 3.51. The molecule has 0 saturated carbocycles. The van der Waals surface area contributed by atoms with Gasteiger partial charge in [-0.2, -0.15) is 0 Å². The van der Waals surface area contributed by atoms with E-state index < -0.39 is 0 Å². The zero-order chi connectivity index (χ0) is 15.4. The second kappa shape index (κ2) is 9.04. The van der Waals surface area contributed by atoms with E-state index in [-0.39, 0.29) is 31.0 Å². The quantitative estimate of drug-likeness (QED) is 0.776. The Morgan fingerprint density at radius 1 is 1.32 bits per heavy atom. The summed E-state index contributed by atoms with van der Waals surface area (Å²) >= 11 is 17.7. The van der Waals surface area contributed by atoms with E-state index in [9.17, 15) is 4.79 Å². The van der Waals surface area contributed by atoms with Gasteiger partial charge in [0.05, 0.1) is 15.1 Å². The number of piperidine rings is 1. The fourth-order valence-corrected chi connectivity index (χ4v) is 2.78. The second-order valence-electron chi connectivity index (χ2n) is 5.13. The van der Waals surface area contributed by atoms with Gasteiger partial charge in [0.15, 0.2) is 6.61 Å². The number of benzene rings is 1. The minimum Gasteiger partial charge on any atom is -0.482 e. The molecular formula is C14H18Cl4N2O2. The van der Waals surface area contributed by atoms with Gasteiger partial charge in [0.1, 0.15) is 5.75 Å². The average molecular weight is 388 g/mol. The molecule has 124 valence electrons. The van der Waals surface area contributed by atoms with Gasteiger partial charge in [-0.25, -0.2) is 0 Å². The number of hydrogen-bond donors (Lipinski definition) is 2. The summed E-state index contributed by atoms with van der Waals surface area (Å²) in [4.78, 5) is 11.9. The molecule has 1 heterocycles. The summed E-state index contributed by atoms with van der Waals surface area (Å²) in [6.45, 7) is 3.78. The van der Waals surface area contributed by atoms with Gasteiger partial charge in [0, 0.05) is 18.7 Å². The van der Waals surface area contributed by atoms with E-state index in [4.69, 9.17) is 39.5 Å². The zero-order valence-electron chi connectivity index (χ0n) is 12.0. The Kier molecular flexibility index (Phi) is 8.08. The molecule has 1 aliphatic heterocycles. The molecule has 1 aromatic rings. The highest BCUT2D eigenvalue weighted by Crippen LogP contribution is 2.33. The van der Waals surface area contributed by atoms with Crippen LogP contribution >= 0.6 is 47.2 Å². The lowest BCUT2D eigenvalue weighted by Crippen LogP contribution is -2.51. The first kappa shape index (κ1) is 19.7. The molecule has 2 atom stereocenters. The Balaban J connectivity index is 0.00000242. The van der Waals surface area contributed by atoms with E-state index in [2.05, 4.69) is 17.6 Å². The van der Waals surface area contributed by atoms with Gasteiger partial charge in [0.2, 0.25) is 0 Å². The van der Waals surface area contributed by atoms with E-state index in [1.54, 1.807) is 0 Å². The number of halogens is 4. The molecule has 1 saturated heterocycles. The molecule has 0 radical (unpaired) electrons. The molecule has 2 rings (SSSR count). The molecule has 22 heavy (non-hydrogen) atoms. The topological polar surface area (TPSA) is 50.4 Å². The van der Waals surface area contributed by atoms with Crippen molar-refractivity contribution < 1.29 is 9.53 Å². The van der Waals surface area contributed by atoms with Crippen LogP contribution < -0.4 is 15.4 Å². The van der Waals surface area contributed by atoms with Crippen LogP contribution in [0.4, 0.5) is 0 Å². The normalized spacial score (nSPS) is 20.9. The Bertz CT molecular complexity index is 528. The molecule has 0 spiro atoms. The molecule has 0 aliphatic carbocycles. The van der Waals surface area contributed by atoms with Crippen molar-refractivity contribution >= 4 is 53.1 Å². The van der Waals surface area contributed by atoms with Gasteiger partial charge in [-0.1, -0.05) is 41.7 Å². The van der Waals surface area contributed by atoms with Crippen LogP contribution in [0.1, 0.15) is 13.3 Å². The standard InChI is InChI=1S/C14H17Cl3N2O2.ClH/c1-8-2-3-18-6-12(8)19-14(20)7-21-13-5-10(16)9(15)4-11(13)17;/h4-5,8,12,18H,2-3,6-7H2,1H3,(H,19,20);1H. The van der Waals surface area contributed by atoms with Crippen molar-refractivity contribution in [3.63, 3.8) is 0 Å². The Hall–Kier alpha value is -0.390. The highest BCUT2D eigenvalue weighted by atomic mass is 35.5. The maximum absolute atomic E-state index is 11.9. The summed E-state index contributed by atoms with van der Waals surface area (Å²) in [5.41, 5.74) is 0. The minimum absolute atomic E-state index is 0. The summed E-state index contributed by atoms with van der Waals surface area (Å²) in [7, 11) is 0. The fourth-order valence-electron chi connectivity index (χ4n) is 2.19. The smallest absolute Gasteiger partial charge is 0.258 e. The van der Waals surface area contributed by atoms with Gasteiger partial charge in [-0.05, 0) is 24.9 Å². The van der Waals surface area contributed by atoms with Crippen molar-refractivity contribution in [3.05, 3.63) is 27.2 Å². The summed E-state index contributed by atoms with van der Waals surface area (Å²) in [5.74, 6) is 0.609. The summed E-state index contributed by atoms with van der Waals surface area (Å²) < 4.78 is 5.40. The number of ether oxygens (including phenoxy) is 1. The minimum atomic E-state index is -0.183. The zero-order valence-corrected chi connectivity index (χ0v) is 15.1. The summed E-state index contributed by atoms with van der Waals surface area (Å²) in [6, 6.07) is 3.12. The van der Waals surface area contributed by atoms with Crippen LogP contribution in [0.5, 0.6) is 5.75 Å². The van der Waals surface area contributed by atoms with Crippen molar-refractivity contribution in [2.75, 3.05) is 19.7 Å². The molecule has 1 fully saturated rings. The average Bonchev–Trinajstić information content (AvgIpc) is 2.44. The highest BCUT2D eigenvalue weighted by molar-refractivity contribution is 6.43. The van der Waals surface area contributed by atoms with Crippen LogP contribution in [0.15, 0.2) is 12.1 Å². The maximum atomic E-state index is 11.9. The lowest BCUT2D eigenvalue weighted by molar-refractivity contribution is -0.124. The molecule has 8 heteroatoms. The van der Waals surface area contributed by atoms with Crippen LogP contribution in [-0.2, 0) is 4.79 Å². The van der Waals surface area contributed by atoms with Crippen LogP contribution in [0, 0.1) is 5.92 Å². The van der Waals surface area contributed by atoms with Crippen molar-refractivity contribution in [1.29, 1.82) is 0 Å². The number of rotatable bonds is 4. The summed E-state index contributed by atoms with van der Waals surface area (Å²) in [5, 5.41) is 7.22. The highest BCUT2D eigenvalue weighted by Gasteiger charge is 2.22. The van der Waals surface area contributed by atoms with E-state index in [0.717, 1.165) is 19.5 Å². The number of hydrogen-bond acceptors (Lipinski definition) is 3. The first-order valence-electron chi connectivity index (χ1n) is 6.75. The third kappa shape index (κ3) is 5.36. The predicted octanol–water partition coefficient (Wildman–Crippen LogP) is 3.56. The van der Waals surface area contributed by atoms with E-state index in [1.165, 1.54) is 12.1 Å². The summed E-state index contributed by atoms with van der Waals surface area (Å²) in [6.07, 6.45) is 1.05. The molecule has 4 nitrogen and oxygen atoms in total. The SMILES string of the molecule is CC1CCNCC1NC(=O)COc1cc(Cl)c(Cl)cc1Cl.Cl. The van der Waals surface area contributed by atoms with Crippen LogP contribution in [-0.4, -0.2) is 31.6 Å². The molecule has 2 unspecified atom stereocenters. The van der Waals surface area contributed by atoms with E-state index in [1.807, 2.05) is 0 Å². The molecule has 0 bridgehead atoms. The molecular weight excluding hydrogens is 370 g/mol. The monoisotopic (exact) mass is 386 g/mol. The molecule has 1 aliphatic rings. The molecule has 2 N–H and O–H groups in total. The first-order chi connectivity index (χ1) is 9.97. The Morgan fingerprint density at radius 3 is 2.68 bits per heavy atom. The van der Waals surface area contributed by atoms with Gasteiger partial charge in [-0.3, -0.25) is 4.79 Å². The molecule has 1 aromatic carbocycles. The number of carbonyl (C=O) groups is 1. The number of carbonyl (C=O) groups excluding carboxylic acids is 1. The van der Waals surface area contributed by atoms with Crippen molar-refractivity contribution in [1.82, 2.24) is 10.6 Å².